The fourth-order valence-corrected chi connectivity index (χ4v) is 2.40. The molecule has 0 spiro atoms. The molecule has 0 aliphatic carbocycles. The summed E-state index contributed by atoms with van der Waals surface area (Å²) in [6, 6.07) is 5.34. The molecule has 2 rings (SSSR count). The van der Waals surface area contributed by atoms with Gasteiger partial charge in [-0.05, 0) is 32.0 Å². The lowest BCUT2D eigenvalue weighted by Crippen LogP contribution is -2.22. The number of hydrogen-bond acceptors (Lipinski definition) is 3. The first kappa shape index (κ1) is 19.6. The zero-order valence-electron chi connectivity index (χ0n) is 13.6. The summed E-state index contributed by atoms with van der Waals surface area (Å²) >= 11 is 6.07. The predicted molar refractivity (Wildman–Crippen MR) is 105 cm³/mol. The van der Waals surface area contributed by atoms with Crippen LogP contribution in [0.15, 0.2) is 23.2 Å². The van der Waals surface area contributed by atoms with Crippen LogP contribution >= 0.6 is 35.6 Å². The number of aromatic nitrogens is 2. The molecule has 126 valence electrons. The highest BCUT2D eigenvalue weighted by Gasteiger charge is 2.08. The Morgan fingerprint density at radius 1 is 1.43 bits per heavy atom. The zero-order valence-corrected chi connectivity index (χ0v) is 16.6. The highest BCUT2D eigenvalue weighted by molar-refractivity contribution is 14.0. The number of aryl methyl sites for hydroxylation is 2. The lowest BCUT2D eigenvalue weighted by Gasteiger charge is -2.08. The van der Waals surface area contributed by atoms with E-state index in [-0.39, 0.29) is 24.0 Å². The third kappa shape index (κ3) is 4.74. The number of aliphatic imine (C=N–C) groups is 1. The summed E-state index contributed by atoms with van der Waals surface area (Å²) in [5.41, 5.74) is 9.80. The van der Waals surface area contributed by atoms with Crippen LogP contribution in [0, 0.1) is 13.8 Å². The maximum Gasteiger partial charge on any atom is 0.193 e. The quantitative estimate of drug-likeness (QED) is 0.427. The molecule has 1 aromatic carbocycles. The van der Waals surface area contributed by atoms with Crippen molar-refractivity contribution >= 4 is 47.2 Å². The van der Waals surface area contributed by atoms with Gasteiger partial charge >= 0.3 is 0 Å². The van der Waals surface area contributed by atoms with Crippen LogP contribution in [-0.2, 0) is 13.6 Å². The van der Waals surface area contributed by atoms with Crippen LogP contribution in [0.4, 0.5) is 5.69 Å². The first-order valence-corrected chi connectivity index (χ1v) is 7.19. The van der Waals surface area contributed by atoms with Gasteiger partial charge in [-0.3, -0.25) is 4.68 Å². The molecule has 0 radical (unpaired) electrons. The molecule has 0 atom stereocenters. The fraction of sp³-hybridized carbons (Fsp3) is 0.333. The molecule has 8 heteroatoms. The molecule has 0 amide bonds. The number of benzene rings is 1. The smallest absolute Gasteiger partial charge is 0.193 e. The molecule has 0 aliphatic rings. The van der Waals surface area contributed by atoms with Gasteiger partial charge in [-0.15, -0.1) is 24.0 Å². The maximum absolute atomic E-state index is 6.07. The summed E-state index contributed by atoms with van der Waals surface area (Å²) in [5.74, 6) is 0.938. The van der Waals surface area contributed by atoms with Crippen molar-refractivity contribution in [2.24, 2.45) is 17.8 Å². The Labute approximate surface area is 158 Å². The van der Waals surface area contributed by atoms with Gasteiger partial charge in [0.2, 0.25) is 0 Å². The van der Waals surface area contributed by atoms with Crippen LogP contribution in [0.25, 0.3) is 0 Å². The van der Waals surface area contributed by atoms with Crippen molar-refractivity contribution in [1.29, 1.82) is 0 Å². The van der Waals surface area contributed by atoms with Crippen molar-refractivity contribution in [2.75, 3.05) is 12.4 Å². The van der Waals surface area contributed by atoms with E-state index in [0.717, 1.165) is 22.6 Å². The van der Waals surface area contributed by atoms with E-state index in [1.807, 2.05) is 31.6 Å². The summed E-state index contributed by atoms with van der Waals surface area (Å²) in [6.45, 7) is 4.46. The van der Waals surface area contributed by atoms with Gasteiger partial charge in [0.15, 0.2) is 5.96 Å². The van der Waals surface area contributed by atoms with Crippen LogP contribution in [-0.4, -0.2) is 22.8 Å². The number of rotatable bonds is 4. The number of hydrogen-bond donors (Lipinski definition) is 2. The second kappa shape index (κ2) is 8.39. The van der Waals surface area contributed by atoms with Gasteiger partial charge in [0.25, 0.3) is 0 Å². The summed E-state index contributed by atoms with van der Waals surface area (Å²) in [7, 11) is 3.49. The second-order valence-corrected chi connectivity index (χ2v) is 5.36. The minimum atomic E-state index is 0. The van der Waals surface area contributed by atoms with Crippen LogP contribution in [0.5, 0.6) is 5.75 Å². The van der Waals surface area contributed by atoms with Gasteiger partial charge in [0.1, 0.15) is 5.75 Å². The van der Waals surface area contributed by atoms with Crippen LogP contribution < -0.4 is 15.8 Å². The van der Waals surface area contributed by atoms with Crippen molar-refractivity contribution in [3.8, 4) is 5.75 Å². The Morgan fingerprint density at radius 3 is 2.65 bits per heavy atom. The molecule has 0 fully saturated rings. The van der Waals surface area contributed by atoms with Crippen molar-refractivity contribution in [2.45, 2.75) is 20.4 Å². The number of nitrogens with two attached hydrogens (primary N) is 1. The molecule has 6 nitrogen and oxygen atoms in total. The predicted octanol–water partition coefficient (Wildman–Crippen LogP) is 3.24. The molecule has 1 aromatic heterocycles. The van der Waals surface area contributed by atoms with Gasteiger partial charge < -0.3 is 15.8 Å². The van der Waals surface area contributed by atoms with Crippen molar-refractivity contribution in [3.63, 3.8) is 0 Å². The Bertz CT molecular complexity index is 714. The number of anilines is 1. The van der Waals surface area contributed by atoms with Crippen LogP contribution in [0.2, 0.25) is 5.02 Å². The largest absolute Gasteiger partial charge is 0.495 e. The van der Waals surface area contributed by atoms with E-state index in [4.69, 9.17) is 22.1 Å². The Morgan fingerprint density at radius 2 is 2.13 bits per heavy atom. The SMILES string of the molecule is COc1ccc(NC(N)=NCc2c(C)nn(C)c2C)cc1Cl.I. The molecule has 2 aromatic rings. The zero-order chi connectivity index (χ0) is 16.3. The highest BCUT2D eigenvalue weighted by Crippen LogP contribution is 2.27. The summed E-state index contributed by atoms with van der Waals surface area (Å²) in [5, 5.41) is 7.88. The minimum absolute atomic E-state index is 0. The lowest BCUT2D eigenvalue weighted by molar-refractivity contribution is 0.415. The molecule has 0 bridgehead atoms. The maximum atomic E-state index is 6.07. The van der Waals surface area contributed by atoms with Gasteiger partial charge in [0.05, 0.1) is 24.4 Å². The number of halogens is 2. The first-order chi connectivity index (χ1) is 10.4. The molecule has 0 saturated heterocycles. The van der Waals surface area contributed by atoms with E-state index in [1.165, 1.54) is 0 Å². The van der Waals surface area contributed by atoms with E-state index in [9.17, 15) is 0 Å². The van der Waals surface area contributed by atoms with E-state index in [0.29, 0.717) is 23.3 Å². The molecule has 23 heavy (non-hydrogen) atoms. The van der Waals surface area contributed by atoms with Gasteiger partial charge in [0, 0.05) is 24.0 Å². The fourth-order valence-electron chi connectivity index (χ4n) is 2.14. The van der Waals surface area contributed by atoms with E-state index < -0.39 is 0 Å². The Balaban J connectivity index is 0.00000264. The van der Waals surface area contributed by atoms with Crippen molar-refractivity contribution < 1.29 is 4.74 Å². The third-order valence-electron chi connectivity index (χ3n) is 3.49. The standard InChI is InChI=1S/C15H20ClN5O.HI/c1-9-12(10(2)21(3)20-9)8-18-15(17)19-11-5-6-14(22-4)13(16)7-11;/h5-7H,8H2,1-4H3,(H3,17,18,19);1H. The number of ether oxygens (including phenoxy) is 1. The summed E-state index contributed by atoms with van der Waals surface area (Å²) in [6.07, 6.45) is 0. The molecule has 3 N–H and O–H groups in total. The molecule has 0 aliphatic heterocycles. The molecular formula is C15H21ClIN5O. The van der Waals surface area contributed by atoms with Crippen LogP contribution in [0.3, 0.4) is 0 Å². The highest BCUT2D eigenvalue weighted by atomic mass is 127. The number of nitrogens with one attached hydrogen (secondary N) is 1. The Hall–Kier alpha value is -1.48. The number of nitrogens with zero attached hydrogens (tertiary/aromatic N) is 3. The average Bonchev–Trinajstić information content (AvgIpc) is 2.70. The third-order valence-corrected chi connectivity index (χ3v) is 3.79. The van der Waals surface area contributed by atoms with E-state index >= 15 is 0 Å². The number of methoxy groups -OCH3 is 1. The topological polar surface area (TPSA) is 77.5 Å². The summed E-state index contributed by atoms with van der Waals surface area (Å²) in [4.78, 5) is 4.35. The molecular weight excluding hydrogens is 429 g/mol. The van der Waals surface area contributed by atoms with Gasteiger partial charge in [-0.25, -0.2) is 4.99 Å². The van der Waals surface area contributed by atoms with Crippen molar-refractivity contribution in [3.05, 3.63) is 40.2 Å². The monoisotopic (exact) mass is 449 g/mol. The van der Waals surface area contributed by atoms with Crippen molar-refractivity contribution in [1.82, 2.24) is 9.78 Å². The number of guanidine groups is 1. The average molecular weight is 450 g/mol. The van der Waals surface area contributed by atoms with Crippen LogP contribution in [0.1, 0.15) is 17.0 Å². The molecule has 1 heterocycles. The summed E-state index contributed by atoms with van der Waals surface area (Å²) < 4.78 is 6.95. The van der Waals surface area contributed by atoms with E-state index in [1.54, 1.807) is 19.2 Å². The normalized spacial score (nSPS) is 11.1. The lowest BCUT2D eigenvalue weighted by atomic mass is 10.2. The first-order valence-electron chi connectivity index (χ1n) is 6.82. The van der Waals surface area contributed by atoms with Gasteiger partial charge in [-0.2, -0.15) is 5.10 Å². The molecule has 0 saturated carbocycles. The molecule has 0 unspecified atom stereocenters. The van der Waals surface area contributed by atoms with E-state index in [2.05, 4.69) is 15.4 Å². The second-order valence-electron chi connectivity index (χ2n) is 4.95. The van der Waals surface area contributed by atoms with Gasteiger partial charge in [-0.1, -0.05) is 11.6 Å². The Kier molecular flexibility index (Phi) is 7.14. The minimum Gasteiger partial charge on any atom is -0.495 e.